The molecule has 4 rings (SSSR count). The summed E-state index contributed by atoms with van der Waals surface area (Å²) in [6.45, 7) is 12.1. The van der Waals surface area contributed by atoms with Crippen LogP contribution in [0.2, 0.25) is 0 Å². The molecule has 3 aliphatic rings. The number of rotatable bonds is 5. The Labute approximate surface area is 151 Å². The van der Waals surface area contributed by atoms with E-state index in [1.165, 1.54) is 6.20 Å². The Morgan fingerprint density at radius 2 is 1.96 bits per heavy atom. The number of nitrogens with zero attached hydrogens (tertiary/aromatic N) is 4. The number of likely N-dealkylation sites (tertiary alicyclic amines) is 1. The smallest absolute Gasteiger partial charge is 0.303 e. The summed E-state index contributed by atoms with van der Waals surface area (Å²) in [6, 6.07) is 0. The summed E-state index contributed by atoms with van der Waals surface area (Å²) in [5, 5.41) is 0. The first-order valence-corrected chi connectivity index (χ1v) is 9.39. The summed E-state index contributed by atoms with van der Waals surface area (Å²) >= 11 is 1.58. The van der Waals surface area contributed by atoms with Crippen molar-refractivity contribution in [3.63, 3.8) is 0 Å². The lowest BCUT2D eigenvalue weighted by molar-refractivity contribution is -0.152. The van der Waals surface area contributed by atoms with E-state index in [2.05, 4.69) is 26.1 Å². The van der Waals surface area contributed by atoms with Gasteiger partial charge in [0, 0.05) is 56.7 Å². The van der Waals surface area contributed by atoms with Crippen LogP contribution >= 0.6 is 11.9 Å². The molecular formula is C17H24F2N4OS. The third-order valence-corrected chi connectivity index (χ3v) is 6.32. The molecule has 4 heterocycles. The van der Waals surface area contributed by atoms with Crippen molar-refractivity contribution in [3.8, 4) is 0 Å². The summed E-state index contributed by atoms with van der Waals surface area (Å²) in [4.78, 5) is 11.2. The average Bonchev–Trinajstić information content (AvgIpc) is 2.41. The van der Waals surface area contributed by atoms with Crippen molar-refractivity contribution < 1.29 is 13.5 Å². The van der Waals surface area contributed by atoms with Crippen molar-refractivity contribution in [2.24, 2.45) is 10.8 Å². The van der Waals surface area contributed by atoms with Crippen molar-refractivity contribution >= 4 is 11.9 Å². The van der Waals surface area contributed by atoms with Gasteiger partial charge in [0.05, 0.1) is 23.8 Å². The summed E-state index contributed by atoms with van der Waals surface area (Å²) in [6.07, 6.45) is 1.52. The lowest BCUT2D eigenvalue weighted by Gasteiger charge is -2.61. The van der Waals surface area contributed by atoms with Gasteiger partial charge in [0.15, 0.2) is 5.82 Å². The Morgan fingerprint density at radius 1 is 1.28 bits per heavy atom. The van der Waals surface area contributed by atoms with E-state index >= 15 is 0 Å². The second kappa shape index (κ2) is 5.84. The predicted molar refractivity (Wildman–Crippen MR) is 91.6 cm³/mol. The van der Waals surface area contributed by atoms with E-state index in [-0.39, 0.29) is 0 Å². The van der Waals surface area contributed by atoms with Gasteiger partial charge in [0.2, 0.25) is 0 Å². The highest BCUT2D eigenvalue weighted by atomic mass is 32.2. The molecule has 5 nitrogen and oxygen atoms in total. The van der Waals surface area contributed by atoms with Crippen LogP contribution < -0.4 is 0 Å². The molecule has 0 aliphatic carbocycles. The molecule has 0 atom stereocenters. The van der Waals surface area contributed by atoms with Crippen LogP contribution in [0.3, 0.4) is 0 Å². The third kappa shape index (κ3) is 3.41. The van der Waals surface area contributed by atoms with Crippen molar-refractivity contribution in [2.45, 2.75) is 31.6 Å². The van der Waals surface area contributed by atoms with Gasteiger partial charge in [0.25, 0.3) is 0 Å². The minimum absolute atomic E-state index is 0.345. The minimum Gasteiger partial charge on any atom is -0.380 e. The van der Waals surface area contributed by atoms with Gasteiger partial charge in [0.1, 0.15) is 0 Å². The topological polar surface area (TPSA) is 41.5 Å². The molecular weight excluding hydrogens is 346 g/mol. The summed E-state index contributed by atoms with van der Waals surface area (Å²) in [5.41, 5.74) is 1.38. The monoisotopic (exact) mass is 370 g/mol. The second-order valence-corrected chi connectivity index (χ2v) is 9.51. The second-order valence-electron chi connectivity index (χ2n) is 8.37. The van der Waals surface area contributed by atoms with E-state index in [1.807, 2.05) is 0 Å². The van der Waals surface area contributed by atoms with Gasteiger partial charge in [-0.2, -0.15) is 8.78 Å². The molecule has 0 bridgehead atoms. The Morgan fingerprint density at radius 3 is 2.48 bits per heavy atom. The molecule has 1 aromatic rings. The first-order valence-electron chi connectivity index (χ1n) is 8.62. The third-order valence-electron chi connectivity index (χ3n) is 5.20. The van der Waals surface area contributed by atoms with Crippen LogP contribution in [-0.4, -0.2) is 65.1 Å². The Bertz CT molecular complexity index is 663. The maximum absolute atomic E-state index is 13.3. The molecule has 3 aliphatic heterocycles. The first kappa shape index (κ1) is 17.6. The fourth-order valence-electron chi connectivity index (χ4n) is 3.96. The highest BCUT2D eigenvalue weighted by Crippen LogP contribution is 2.46. The molecule has 1 spiro atoms. The fraction of sp³-hybridized carbons (Fsp3) is 0.765. The van der Waals surface area contributed by atoms with Crippen LogP contribution in [0, 0.1) is 17.8 Å². The Balaban J connectivity index is 1.27. The average molecular weight is 370 g/mol. The van der Waals surface area contributed by atoms with Crippen LogP contribution in [0.1, 0.15) is 25.4 Å². The maximum Gasteiger partial charge on any atom is 0.303 e. The van der Waals surface area contributed by atoms with E-state index in [1.54, 1.807) is 18.9 Å². The van der Waals surface area contributed by atoms with Crippen LogP contribution in [0.4, 0.5) is 8.78 Å². The molecule has 0 radical (unpaired) electrons. The summed E-state index contributed by atoms with van der Waals surface area (Å²) < 4.78 is 34.2. The van der Waals surface area contributed by atoms with Crippen molar-refractivity contribution in [1.29, 1.82) is 0 Å². The number of ether oxygens (including phenoxy) is 1. The zero-order valence-corrected chi connectivity index (χ0v) is 15.7. The zero-order valence-electron chi connectivity index (χ0n) is 14.9. The van der Waals surface area contributed by atoms with Crippen LogP contribution in [-0.2, 0) is 10.7 Å². The molecule has 1 aromatic heterocycles. The van der Waals surface area contributed by atoms with Crippen LogP contribution in [0.5, 0.6) is 0 Å². The molecule has 0 amide bonds. The van der Waals surface area contributed by atoms with Crippen LogP contribution in [0.25, 0.3) is 0 Å². The van der Waals surface area contributed by atoms with E-state index in [0.717, 1.165) is 57.8 Å². The number of aromatic nitrogens is 2. The molecule has 138 valence electrons. The quantitative estimate of drug-likeness (QED) is 0.742. The zero-order chi connectivity index (χ0) is 17.9. The molecule has 0 saturated carbocycles. The predicted octanol–water partition coefficient (Wildman–Crippen LogP) is 2.56. The molecule has 8 heteroatoms. The van der Waals surface area contributed by atoms with Gasteiger partial charge in [-0.05, 0) is 18.9 Å². The highest BCUT2D eigenvalue weighted by Gasteiger charge is 2.53. The normalized spacial score (nSPS) is 25.3. The van der Waals surface area contributed by atoms with E-state index < -0.39 is 11.7 Å². The molecule has 25 heavy (non-hydrogen) atoms. The maximum atomic E-state index is 13.3. The largest absolute Gasteiger partial charge is 0.380 e. The number of alkyl halides is 2. The Kier molecular flexibility index (Phi) is 4.10. The van der Waals surface area contributed by atoms with E-state index in [9.17, 15) is 8.78 Å². The SMILES string of the molecule is Cc1nc(C(C)(F)F)ncc1SN1CC2(CN(CC3(C)COC3)C2)C1. The highest BCUT2D eigenvalue weighted by molar-refractivity contribution is 7.97. The first-order chi connectivity index (χ1) is 11.7. The van der Waals surface area contributed by atoms with Crippen molar-refractivity contribution in [2.75, 3.05) is 45.9 Å². The van der Waals surface area contributed by atoms with Crippen molar-refractivity contribution in [3.05, 3.63) is 17.7 Å². The molecule has 0 unspecified atom stereocenters. The van der Waals surface area contributed by atoms with Crippen molar-refractivity contribution in [1.82, 2.24) is 19.2 Å². The number of halogens is 2. The van der Waals surface area contributed by atoms with Gasteiger partial charge < -0.3 is 9.64 Å². The van der Waals surface area contributed by atoms with Gasteiger partial charge in [-0.1, -0.05) is 6.92 Å². The lowest BCUT2D eigenvalue weighted by atomic mass is 9.73. The molecule has 0 N–H and O–H groups in total. The fourth-order valence-corrected chi connectivity index (χ4v) is 5.19. The molecule has 0 aromatic carbocycles. The van der Waals surface area contributed by atoms with Gasteiger partial charge in [-0.3, -0.25) is 0 Å². The van der Waals surface area contributed by atoms with Gasteiger partial charge >= 0.3 is 5.92 Å². The Hall–Kier alpha value is -0.830. The molecule has 3 fully saturated rings. The summed E-state index contributed by atoms with van der Waals surface area (Å²) in [5.74, 6) is -3.40. The van der Waals surface area contributed by atoms with Gasteiger partial charge in [-0.15, -0.1) is 0 Å². The minimum atomic E-state index is -2.99. The van der Waals surface area contributed by atoms with Crippen LogP contribution in [0.15, 0.2) is 11.1 Å². The van der Waals surface area contributed by atoms with E-state index in [4.69, 9.17) is 4.74 Å². The van der Waals surface area contributed by atoms with Gasteiger partial charge in [-0.25, -0.2) is 14.3 Å². The number of hydrogen-bond donors (Lipinski definition) is 0. The number of hydrogen-bond acceptors (Lipinski definition) is 6. The standard InChI is InChI=1S/C17H24F2N4OS/c1-12-13(4-20-14(21-12)16(3,18)19)25-23-8-17(9-23)6-22(7-17)5-15(2)10-24-11-15/h4H,5-11H2,1-3H3. The van der Waals surface area contributed by atoms with E-state index in [0.29, 0.717) is 16.5 Å². The summed E-state index contributed by atoms with van der Waals surface area (Å²) in [7, 11) is 0. The molecule has 3 saturated heterocycles. The lowest BCUT2D eigenvalue weighted by Crippen LogP contribution is -2.72. The number of aryl methyl sites for hydroxylation is 1.